The zero-order chi connectivity index (χ0) is 20.7. The normalized spacial score (nSPS) is 13.5. The van der Waals surface area contributed by atoms with Crippen LogP contribution in [0, 0.1) is 11.5 Å². The van der Waals surface area contributed by atoms with E-state index in [0.29, 0.717) is 33.2 Å². The molecule has 0 aromatic heterocycles. The van der Waals surface area contributed by atoms with Crippen molar-refractivity contribution in [2.24, 2.45) is 0 Å². The summed E-state index contributed by atoms with van der Waals surface area (Å²) >= 11 is 0. The molecule has 0 bridgehead atoms. The minimum absolute atomic E-state index is 0.663. The van der Waals surface area contributed by atoms with E-state index in [-0.39, 0.29) is 0 Å². The number of hydrogen-bond acceptors (Lipinski definition) is 1. The Kier molecular flexibility index (Phi) is 11.1. The van der Waals surface area contributed by atoms with Crippen molar-refractivity contribution in [1.82, 2.24) is 0 Å². The third-order valence-electron chi connectivity index (χ3n) is 6.68. The average molecular weight is 397 g/mol. The molecule has 0 fully saturated rings. The smallest absolute Gasteiger partial charge is 0.200 e. The van der Waals surface area contributed by atoms with Gasteiger partial charge in [-0.05, 0) is 39.7 Å². The number of rotatable bonds is 10. The predicted molar refractivity (Wildman–Crippen MR) is 125 cm³/mol. The highest BCUT2D eigenvalue weighted by atomic mass is 28.4. The van der Waals surface area contributed by atoms with Crippen molar-refractivity contribution < 1.29 is 4.43 Å². The summed E-state index contributed by atoms with van der Waals surface area (Å²) in [5.74, 6) is 3.59. The highest BCUT2D eigenvalue weighted by Gasteiger charge is 2.45. The van der Waals surface area contributed by atoms with Crippen LogP contribution in [0.4, 0.5) is 0 Å². The quantitative estimate of drug-likeness (QED) is 0.205. The molecule has 0 heterocycles. The molecular formula is C23H48OSi2. The molecule has 154 valence electrons. The Morgan fingerprint density at radius 1 is 0.615 bits per heavy atom. The summed E-state index contributed by atoms with van der Waals surface area (Å²) < 4.78 is 6.67. The SMILES string of the molecule is CC(C)[Si](C#CCCCO[Si](C(C)C)(C(C)C)C(C)C)(C(C)C)C(C)C. The van der Waals surface area contributed by atoms with Crippen molar-refractivity contribution in [3.63, 3.8) is 0 Å². The van der Waals surface area contributed by atoms with Gasteiger partial charge in [-0.1, -0.05) is 83.1 Å². The zero-order valence-electron chi connectivity index (χ0n) is 20.0. The first-order valence-electron chi connectivity index (χ1n) is 11.0. The maximum atomic E-state index is 6.67. The van der Waals surface area contributed by atoms with Crippen LogP contribution in [0.1, 0.15) is 95.9 Å². The minimum atomic E-state index is -1.72. The van der Waals surface area contributed by atoms with Gasteiger partial charge in [-0.25, -0.2) is 0 Å². The molecule has 0 atom stereocenters. The summed E-state index contributed by atoms with van der Waals surface area (Å²) in [5.41, 5.74) is 7.98. The monoisotopic (exact) mass is 396 g/mol. The second kappa shape index (κ2) is 11.1. The zero-order valence-corrected chi connectivity index (χ0v) is 22.0. The molecule has 0 aromatic rings. The number of unbranched alkanes of at least 4 members (excludes halogenated alkanes) is 1. The van der Waals surface area contributed by atoms with E-state index in [9.17, 15) is 0 Å². The summed E-state index contributed by atoms with van der Waals surface area (Å²) in [4.78, 5) is 0. The molecule has 3 heteroatoms. The van der Waals surface area contributed by atoms with Gasteiger partial charge >= 0.3 is 0 Å². The first-order chi connectivity index (χ1) is 11.9. The Morgan fingerprint density at radius 2 is 1.00 bits per heavy atom. The molecule has 0 aromatic carbocycles. The highest BCUT2D eigenvalue weighted by molar-refractivity contribution is 6.90. The number of hydrogen-bond donors (Lipinski definition) is 0. The molecule has 0 radical (unpaired) electrons. The molecular weight excluding hydrogens is 348 g/mol. The van der Waals surface area contributed by atoms with Gasteiger partial charge in [-0.3, -0.25) is 0 Å². The van der Waals surface area contributed by atoms with E-state index < -0.39 is 16.4 Å². The molecule has 0 spiro atoms. The second-order valence-corrected chi connectivity index (χ2v) is 21.0. The molecule has 0 amide bonds. The Bertz CT molecular complexity index is 409. The summed E-state index contributed by atoms with van der Waals surface area (Å²) in [6.45, 7) is 29.4. The van der Waals surface area contributed by atoms with Gasteiger partial charge in [0.15, 0.2) is 8.32 Å². The van der Waals surface area contributed by atoms with Gasteiger partial charge < -0.3 is 4.43 Å². The third kappa shape index (κ3) is 5.72. The minimum Gasteiger partial charge on any atom is -0.416 e. The largest absolute Gasteiger partial charge is 0.416 e. The van der Waals surface area contributed by atoms with Gasteiger partial charge in [0.05, 0.1) is 0 Å². The van der Waals surface area contributed by atoms with Crippen LogP contribution in [0.15, 0.2) is 0 Å². The fraction of sp³-hybridized carbons (Fsp3) is 0.913. The van der Waals surface area contributed by atoms with Crippen molar-refractivity contribution in [1.29, 1.82) is 0 Å². The van der Waals surface area contributed by atoms with Crippen LogP contribution in [0.3, 0.4) is 0 Å². The van der Waals surface area contributed by atoms with Crippen molar-refractivity contribution in [3.8, 4) is 11.5 Å². The lowest BCUT2D eigenvalue weighted by Gasteiger charge is -2.42. The molecule has 0 N–H and O–H groups in total. The van der Waals surface area contributed by atoms with Gasteiger partial charge in [0.2, 0.25) is 0 Å². The van der Waals surface area contributed by atoms with E-state index >= 15 is 0 Å². The lowest BCUT2D eigenvalue weighted by Crippen LogP contribution is -2.47. The molecule has 0 aliphatic carbocycles. The summed E-state index contributed by atoms with van der Waals surface area (Å²) in [6.07, 6.45) is 2.06. The highest BCUT2D eigenvalue weighted by Crippen LogP contribution is 2.42. The summed E-state index contributed by atoms with van der Waals surface area (Å²) in [7, 11) is -3.29. The molecule has 0 saturated heterocycles. The Hall–Kier alpha value is -0.0462. The first kappa shape index (κ1) is 26.0. The van der Waals surface area contributed by atoms with Crippen molar-refractivity contribution in [3.05, 3.63) is 0 Å². The molecule has 0 unspecified atom stereocenters. The third-order valence-corrected chi connectivity index (χ3v) is 19.1. The van der Waals surface area contributed by atoms with Gasteiger partial charge in [-0.2, -0.15) is 0 Å². The first-order valence-corrected chi connectivity index (χ1v) is 15.4. The van der Waals surface area contributed by atoms with Crippen LogP contribution in [0.25, 0.3) is 0 Å². The maximum absolute atomic E-state index is 6.67. The van der Waals surface area contributed by atoms with Gasteiger partial charge in [-0.15, -0.1) is 11.5 Å². The second-order valence-electron chi connectivity index (χ2n) is 9.97. The van der Waals surface area contributed by atoms with Crippen LogP contribution < -0.4 is 0 Å². The Morgan fingerprint density at radius 3 is 1.31 bits per heavy atom. The fourth-order valence-corrected chi connectivity index (χ4v) is 16.4. The van der Waals surface area contributed by atoms with E-state index in [2.05, 4.69) is 94.5 Å². The molecule has 1 nitrogen and oxygen atoms in total. The molecule has 26 heavy (non-hydrogen) atoms. The molecule has 0 saturated carbocycles. The molecule has 0 aliphatic heterocycles. The molecule has 0 rings (SSSR count). The van der Waals surface area contributed by atoms with Crippen LogP contribution in [-0.2, 0) is 4.43 Å². The van der Waals surface area contributed by atoms with Gasteiger partial charge in [0.25, 0.3) is 0 Å². The van der Waals surface area contributed by atoms with Crippen LogP contribution in [0.2, 0.25) is 33.2 Å². The van der Waals surface area contributed by atoms with Crippen LogP contribution in [0.5, 0.6) is 0 Å². The van der Waals surface area contributed by atoms with E-state index in [4.69, 9.17) is 4.43 Å². The van der Waals surface area contributed by atoms with E-state index in [1.54, 1.807) is 0 Å². The van der Waals surface area contributed by atoms with Crippen molar-refractivity contribution in [2.75, 3.05) is 6.61 Å². The van der Waals surface area contributed by atoms with Crippen LogP contribution >= 0.6 is 0 Å². The van der Waals surface area contributed by atoms with E-state index in [1.807, 2.05) is 0 Å². The lowest BCUT2D eigenvalue weighted by atomic mass is 10.3. The van der Waals surface area contributed by atoms with E-state index in [0.717, 1.165) is 19.4 Å². The fourth-order valence-electron chi connectivity index (χ4n) is 5.56. The van der Waals surface area contributed by atoms with Crippen molar-refractivity contribution >= 4 is 16.4 Å². The summed E-state index contributed by atoms with van der Waals surface area (Å²) in [6, 6.07) is 0. The predicted octanol–water partition coefficient (Wildman–Crippen LogP) is 8.18. The standard InChI is InChI=1S/C23H48OSi2/c1-18(2)25(19(3)4,20(5)6)17-15-13-14-16-24-26(21(7)8,22(9)10)23(11)12/h18-23H,13-14,16H2,1-12H3. The van der Waals surface area contributed by atoms with Crippen LogP contribution in [-0.4, -0.2) is 23.0 Å². The maximum Gasteiger partial charge on any atom is 0.200 e. The lowest BCUT2D eigenvalue weighted by molar-refractivity contribution is 0.274. The Balaban J connectivity index is 4.98. The van der Waals surface area contributed by atoms with Gasteiger partial charge in [0.1, 0.15) is 8.07 Å². The summed E-state index contributed by atoms with van der Waals surface area (Å²) in [5, 5.41) is 0. The van der Waals surface area contributed by atoms with Crippen molar-refractivity contribution in [2.45, 2.75) is 129 Å². The van der Waals surface area contributed by atoms with E-state index in [1.165, 1.54) is 0 Å². The molecule has 0 aliphatic rings. The topological polar surface area (TPSA) is 9.23 Å². The van der Waals surface area contributed by atoms with Gasteiger partial charge in [0, 0.05) is 13.0 Å². The Labute approximate surface area is 168 Å². The average Bonchev–Trinajstić information content (AvgIpc) is 2.47.